The van der Waals surface area contributed by atoms with E-state index in [-0.39, 0.29) is 5.92 Å². The largest absolute Gasteiger partial charge is 0.342 e. The van der Waals surface area contributed by atoms with Crippen LogP contribution in [0.2, 0.25) is 0 Å². The molecule has 2 aromatic heterocycles. The molecule has 3 heterocycles. The maximum atomic E-state index is 12.6. The number of nitrogens with one attached hydrogen (secondary N) is 1. The van der Waals surface area contributed by atoms with Crippen LogP contribution in [0.5, 0.6) is 0 Å². The van der Waals surface area contributed by atoms with Gasteiger partial charge in [0.25, 0.3) is 0 Å². The first-order valence-corrected chi connectivity index (χ1v) is 8.64. The van der Waals surface area contributed by atoms with Gasteiger partial charge in [-0.15, -0.1) is 0 Å². The van der Waals surface area contributed by atoms with Crippen LogP contribution in [0.4, 0.5) is 0 Å². The quantitative estimate of drug-likeness (QED) is 0.927. The summed E-state index contributed by atoms with van der Waals surface area (Å²) in [6, 6.07) is 2.10. The zero-order chi connectivity index (χ0) is 14.2. The molecule has 0 saturated carbocycles. The van der Waals surface area contributed by atoms with Crippen molar-refractivity contribution in [3.63, 3.8) is 0 Å². The summed E-state index contributed by atoms with van der Waals surface area (Å²) in [4.78, 5) is 14.7. The van der Waals surface area contributed by atoms with Crippen molar-refractivity contribution < 1.29 is 4.79 Å². The molecule has 110 valence electrons. The lowest BCUT2D eigenvalue weighted by Gasteiger charge is -2.26. The van der Waals surface area contributed by atoms with E-state index >= 15 is 0 Å². The molecule has 1 amide bonds. The molecule has 1 N–H and O–H groups in total. The van der Waals surface area contributed by atoms with Gasteiger partial charge in [0.15, 0.2) is 0 Å². The van der Waals surface area contributed by atoms with Crippen LogP contribution < -0.4 is 0 Å². The number of rotatable bonds is 2. The Morgan fingerprint density at radius 2 is 2.24 bits per heavy atom. The summed E-state index contributed by atoms with van der Waals surface area (Å²) in [5.41, 5.74) is 4.70. The fourth-order valence-electron chi connectivity index (χ4n) is 3.54. The number of hydrogen-bond donors (Lipinski definition) is 1. The van der Waals surface area contributed by atoms with Gasteiger partial charge < -0.3 is 4.90 Å². The molecule has 4 nitrogen and oxygen atoms in total. The maximum Gasteiger partial charge on any atom is 0.226 e. The number of aromatic amines is 1. The Morgan fingerprint density at radius 1 is 1.38 bits per heavy atom. The summed E-state index contributed by atoms with van der Waals surface area (Å²) >= 11 is 1.69. The number of carbonyl (C=O) groups excluding carboxylic acids is 1. The topological polar surface area (TPSA) is 49.0 Å². The monoisotopic (exact) mass is 301 g/mol. The Hall–Kier alpha value is -1.62. The molecule has 1 aliphatic carbocycles. The van der Waals surface area contributed by atoms with Crippen LogP contribution in [0.1, 0.15) is 30.5 Å². The first kappa shape index (κ1) is 13.1. The van der Waals surface area contributed by atoms with Crippen molar-refractivity contribution in [2.75, 3.05) is 13.1 Å². The normalized spacial score (nSPS) is 21.5. The Balaban J connectivity index is 1.59. The van der Waals surface area contributed by atoms with E-state index in [1.165, 1.54) is 16.8 Å². The minimum absolute atomic E-state index is 0.144. The van der Waals surface area contributed by atoms with Crippen molar-refractivity contribution in [2.24, 2.45) is 5.92 Å². The second-order valence-corrected chi connectivity index (χ2v) is 6.79. The highest BCUT2D eigenvalue weighted by Crippen LogP contribution is 2.33. The van der Waals surface area contributed by atoms with Crippen molar-refractivity contribution in [1.82, 2.24) is 15.1 Å². The van der Waals surface area contributed by atoms with E-state index in [9.17, 15) is 4.79 Å². The van der Waals surface area contributed by atoms with Gasteiger partial charge in [0.1, 0.15) is 0 Å². The van der Waals surface area contributed by atoms with Gasteiger partial charge >= 0.3 is 0 Å². The molecule has 1 fully saturated rings. The van der Waals surface area contributed by atoms with Crippen molar-refractivity contribution in [3.8, 4) is 11.3 Å². The van der Waals surface area contributed by atoms with Gasteiger partial charge in [0.2, 0.25) is 5.91 Å². The summed E-state index contributed by atoms with van der Waals surface area (Å²) in [7, 11) is 0. The molecular weight excluding hydrogens is 282 g/mol. The molecule has 21 heavy (non-hydrogen) atoms. The second kappa shape index (κ2) is 5.30. The lowest BCUT2D eigenvalue weighted by molar-refractivity contribution is -0.134. The predicted octanol–water partition coefficient (Wildman–Crippen LogP) is 2.87. The Bertz CT molecular complexity index is 641. The van der Waals surface area contributed by atoms with Crippen LogP contribution in [0.3, 0.4) is 0 Å². The standard InChI is InChI=1S/C16H19N3OS/c20-16(19-6-1-2-7-19)11-3-4-14-13(9-11)15(18-17-14)12-5-8-21-10-12/h5,8,10-11H,1-4,6-7,9H2,(H,17,18)/t11-/m1/s1. The van der Waals surface area contributed by atoms with Crippen LogP contribution in [0.25, 0.3) is 11.3 Å². The molecule has 1 saturated heterocycles. The molecule has 5 heteroatoms. The Kier molecular flexibility index (Phi) is 3.30. The summed E-state index contributed by atoms with van der Waals surface area (Å²) in [5, 5.41) is 11.9. The van der Waals surface area contributed by atoms with Gasteiger partial charge in [-0.05, 0) is 43.6 Å². The molecule has 0 aromatic carbocycles. The van der Waals surface area contributed by atoms with Crippen LogP contribution in [-0.2, 0) is 17.6 Å². The fourth-order valence-corrected chi connectivity index (χ4v) is 4.18. The number of aryl methyl sites for hydroxylation is 1. The Morgan fingerprint density at radius 3 is 3.00 bits per heavy atom. The molecule has 2 aliphatic rings. The highest BCUT2D eigenvalue weighted by atomic mass is 32.1. The number of nitrogens with zero attached hydrogens (tertiary/aromatic N) is 2. The number of aromatic nitrogens is 2. The number of fused-ring (bicyclic) bond motifs is 1. The number of thiophene rings is 1. The first-order chi connectivity index (χ1) is 10.3. The van der Waals surface area contributed by atoms with E-state index in [2.05, 4.69) is 31.9 Å². The summed E-state index contributed by atoms with van der Waals surface area (Å²) in [6.07, 6.45) is 5.06. The van der Waals surface area contributed by atoms with Crippen molar-refractivity contribution >= 4 is 17.2 Å². The second-order valence-electron chi connectivity index (χ2n) is 6.01. The molecule has 0 radical (unpaired) electrons. The average molecular weight is 301 g/mol. The lowest BCUT2D eigenvalue weighted by Crippen LogP contribution is -2.36. The molecule has 0 spiro atoms. The van der Waals surface area contributed by atoms with Gasteiger partial charge in [-0.25, -0.2) is 0 Å². The van der Waals surface area contributed by atoms with E-state index in [0.717, 1.165) is 50.9 Å². The number of likely N-dealkylation sites (tertiary alicyclic amines) is 1. The van der Waals surface area contributed by atoms with Gasteiger partial charge in [0.05, 0.1) is 5.69 Å². The minimum Gasteiger partial charge on any atom is -0.342 e. The van der Waals surface area contributed by atoms with Gasteiger partial charge in [-0.1, -0.05) is 0 Å². The number of amides is 1. The molecule has 2 aromatic rings. The summed E-state index contributed by atoms with van der Waals surface area (Å²) in [5.74, 6) is 0.501. The smallest absolute Gasteiger partial charge is 0.226 e. The molecular formula is C16H19N3OS. The highest BCUT2D eigenvalue weighted by Gasteiger charge is 2.32. The maximum absolute atomic E-state index is 12.6. The van der Waals surface area contributed by atoms with E-state index < -0.39 is 0 Å². The summed E-state index contributed by atoms with van der Waals surface area (Å²) in [6.45, 7) is 1.90. The zero-order valence-electron chi connectivity index (χ0n) is 12.0. The molecule has 0 unspecified atom stereocenters. The van der Waals surface area contributed by atoms with E-state index in [1.54, 1.807) is 11.3 Å². The van der Waals surface area contributed by atoms with Crippen LogP contribution >= 0.6 is 11.3 Å². The third kappa shape index (κ3) is 2.29. The van der Waals surface area contributed by atoms with Gasteiger partial charge in [0, 0.05) is 41.2 Å². The van der Waals surface area contributed by atoms with E-state index in [1.807, 2.05) is 0 Å². The molecule has 1 atom stereocenters. The first-order valence-electron chi connectivity index (χ1n) is 7.70. The van der Waals surface area contributed by atoms with Crippen LogP contribution in [-0.4, -0.2) is 34.1 Å². The fraction of sp³-hybridized carbons (Fsp3) is 0.500. The zero-order valence-corrected chi connectivity index (χ0v) is 12.8. The van der Waals surface area contributed by atoms with Crippen molar-refractivity contribution in [1.29, 1.82) is 0 Å². The molecule has 1 aliphatic heterocycles. The SMILES string of the molecule is O=C([C@@H]1CCc2[nH]nc(-c3ccsc3)c2C1)N1CCCC1. The predicted molar refractivity (Wildman–Crippen MR) is 83.2 cm³/mol. The van der Waals surface area contributed by atoms with Gasteiger partial charge in [-0.3, -0.25) is 9.89 Å². The lowest BCUT2D eigenvalue weighted by atomic mass is 9.85. The number of H-pyrrole nitrogens is 1. The van der Waals surface area contributed by atoms with Crippen LogP contribution in [0, 0.1) is 5.92 Å². The number of hydrogen-bond acceptors (Lipinski definition) is 3. The number of carbonyl (C=O) groups is 1. The highest BCUT2D eigenvalue weighted by molar-refractivity contribution is 7.08. The van der Waals surface area contributed by atoms with Gasteiger partial charge in [-0.2, -0.15) is 16.4 Å². The van der Waals surface area contributed by atoms with E-state index in [0.29, 0.717) is 5.91 Å². The summed E-state index contributed by atoms with van der Waals surface area (Å²) < 4.78 is 0. The molecule has 0 bridgehead atoms. The third-order valence-corrected chi connectivity index (χ3v) is 5.39. The minimum atomic E-state index is 0.144. The van der Waals surface area contributed by atoms with E-state index in [4.69, 9.17) is 0 Å². The Labute approximate surface area is 128 Å². The third-order valence-electron chi connectivity index (χ3n) is 4.71. The van der Waals surface area contributed by atoms with Crippen molar-refractivity contribution in [2.45, 2.75) is 32.1 Å². The molecule has 4 rings (SSSR count). The van der Waals surface area contributed by atoms with Crippen LogP contribution in [0.15, 0.2) is 16.8 Å². The van der Waals surface area contributed by atoms with Crippen molar-refractivity contribution in [3.05, 3.63) is 28.1 Å². The average Bonchev–Trinajstić information content (AvgIpc) is 3.25.